The summed E-state index contributed by atoms with van der Waals surface area (Å²) in [5.74, 6) is 1.11. The molecule has 2 aliphatic rings. The summed E-state index contributed by atoms with van der Waals surface area (Å²) in [6.45, 7) is 1.95. The first-order valence-corrected chi connectivity index (χ1v) is 7.59. The van der Waals surface area contributed by atoms with Crippen LogP contribution in [0.3, 0.4) is 0 Å². The van der Waals surface area contributed by atoms with Gasteiger partial charge in [0.15, 0.2) is 0 Å². The molecule has 96 valence electrons. The molecule has 1 saturated carbocycles. The van der Waals surface area contributed by atoms with Crippen molar-refractivity contribution in [3.05, 3.63) is 34.3 Å². The molecule has 1 aromatic rings. The molecule has 2 atom stereocenters. The number of piperidine rings is 1. The first-order chi connectivity index (χ1) is 8.75. The Bertz CT molecular complexity index is 436. The van der Waals surface area contributed by atoms with E-state index in [1.165, 1.54) is 24.8 Å². The van der Waals surface area contributed by atoms with Crippen LogP contribution in [0, 0.1) is 5.92 Å². The van der Waals surface area contributed by atoms with Gasteiger partial charge in [0.05, 0.1) is 0 Å². The molecule has 1 aliphatic heterocycles. The molecule has 18 heavy (non-hydrogen) atoms. The van der Waals surface area contributed by atoms with Crippen molar-refractivity contribution in [2.45, 2.75) is 31.6 Å². The van der Waals surface area contributed by atoms with E-state index in [2.05, 4.69) is 45.1 Å². The van der Waals surface area contributed by atoms with Crippen LogP contribution in [-0.2, 0) is 4.79 Å². The molecule has 2 nitrogen and oxygen atoms in total. The van der Waals surface area contributed by atoms with Crippen LogP contribution in [0.5, 0.6) is 0 Å². The van der Waals surface area contributed by atoms with E-state index in [4.69, 9.17) is 0 Å². The van der Waals surface area contributed by atoms with Gasteiger partial charge in [-0.2, -0.15) is 0 Å². The summed E-state index contributed by atoms with van der Waals surface area (Å²) in [4.78, 5) is 14.4. The maximum absolute atomic E-state index is 12.3. The zero-order valence-corrected chi connectivity index (χ0v) is 12.0. The number of likely N-dealkylation sites (tertiary alicyclic amines) is 1. The summed E-state index contributed by atoms with van der Waals surface area (Å²) in [6, 6.07) is 8.41. The Morgan fingerprint density at radius 2 is 1.78 bits per heavy atom. The highest BCUT2D eigenvalue weighted by molar-refractivity contribution is 9.10. The lowest BCUT2D eigenvalue weighted by Crippen LogP contribution is -2.36. The van der Waals surface area contributed by atoms with Crippen LogP contribution in [0.1, 0.15) is 37.2 Å². The number of amides is 1. The van der Waals surface area contributed by atoms with E-state index in [0.717, 1.165) is 24.0 Å². The molecule has 1 aliphatic carbocycles. The highest BCUT2D eigenvalue weighted by Gasteiger charge is 2.45. The van der Waals surface area contributed by atoms with E-state index in [1.807, 2.05) is 0 Å². The smallest absolute Gasteiger partial charge is 0.226 e. The molecule has 0 radical (unpaired) electrons. The van der Waals surface area contributed by atoms with Crippen LogP contribution in [0.4, 0.5) is 0 Å². The van der Waals surface area contributed by atoms with Gasteiger partial charge >= 0.3 is 0 Å². The van der Waals surface area contributed by atoms with Gasteiger partial charge in [-0.15, -0.1) is 0 Å². The second-order valence-corrected chi connectivity index (χ2v) is 6.30. The minimum Gasteiger partial charge on any atom is -0.342 e. The fourth-order valence-corrected chi connectivity index (χ4v) is 3.16. The summed E-state index contributed by atoms with van der Waals surface area (Å²) >= 11 is 3.45. The average molecular weight is 308 g/mol. The molecule has 0 unspecified atom stereocenters. The van der Waals surface area contributed by atoms with Gasteiger partial charge in [0.2, 0.25) is 5.91 Å². The first-order valence-electron chi connectivity index (χ1n) is 6.80. The molecule has 3 rings (SSSR count). The van der Waals surface area contributed by atoms with E-state index in [9.17, 15) is 4.79 Å². The third-order valence-corrected chi connectivity index (χ3v) is 4.60. The van der Waals surface area contributed by atoms with E-state index in [1.54, 1.807) is 0 Å². The normalized spacial score (nSPS) is 27.1. The lowest BCUT2D eigenvalue weighted by molar-refractivity contribution is -0.133. The summed E-state index contributed by atoms with van der Waals surface area (Å²) in [5, 5.41) is 0. The standard InChI is InChI=1S/C15H18BrNO/c16-12-6-4-11(5-7-12)13-10-14(13)15(18)17-8-2-1-3-9-17/h4-7,13-14H,1-3,8-10H2/t13-,14-/m1/s1. The zero-order chi connectivity index (χ0) is 12.5. The summed E-state index contributed by atoms with van der Waals surface area (Å²) < 4.78 is 1.10. The fraction of sp³-hybridized carbons (Fsp3) is 0.533. The first kappa shape index (κ1) is 12.2. The number of carbonyl (C=O) groups excluding carboxylic acids is 1. The third kappa shape index (κ3) is 2.46. The number of benzene rings is 1. The predicted molar refractivity (Wildman–Crippen MR) is 75.4 cm³/mol. The van der Waals surface area contributed by atoms with Gasteiger partial charge in [-0.05, 0) is 49.3 Å². The average Bonchev–Trinajstić information content (AvgIpc) is 3.20. The van der Waals surface area contributed by atoms with Crippen molar-refractivity contribution in [3.63, 3.8) is 0 Å². The maximum atomic E-state index is 12.3. The molecule has 1 aromatic carbocycles. The van der Waals surface area contributed by atoms with E-state index in [-0.39, 0.29) is 5.92 Å². The van der Waals surface area contributed by atoms with Gasteiger partial charge < -0.3 is 4.90 Å². The number of nitrogens with zero attached hydrogens (tertiary/aromatic N) is 1. The van der Waals surface area contributed by atoms with E-state index >= 15 is 0 Å². The lowest BCUT2D eigenvalue weighted by Gasteiger charge is -2.26. The Kier molecular flexibility index (Phi) is 3.42. The minimum absolute atomic E-state index is 0.254. The van der Waals surface area contributed by atoms with Crippen molar-refractivity contribution in [1.82, 2.24) is 4.90 Å². The van der Waals surface area contributed by atoms with Crippen molar-refractivity contribution in [3.8, 4) is 0 Å². The lowest BCUT2D eigenvalue weighted by atomic mass is 10.1. The second kappa shape index (κ2) is 5.04. The number of hydrogen-bond donors (Lipinski definition) is 0. The number of rotatable bonds is 2. The molecule has 0 bridgehead atoms. The van der Waals surface area contributed by atoms with Crippen LogP contribution in [0.2, 0.25) is 0 Å². The van der Waals surface area contributed by atoms with Gasteiger partial charge in [0, 0.05) is 23.5 Å². The monoisotopic (exact) mass is 307 g/mol. The number of carbonyl (C=O) groups is 1. The van der Waals surface area contributed by atoms with Crippen LogP contribution >= 0.6 is 15.9 Å². The fourth-order valence-electron chi connectivity index (χ4n) is 2.90. The molecule has 0 N–H and O–H groups in total. The van der Waals surface area contributed by atoms with Gasteiger partial charge in [0.25, 0.3) is 0 Å². The van der Waals surface area contributed by atoms with Crippen molar-refractivity contribution in [2.24, 2.45) is 5.92 Å². The highest BCUT2D eigenvalue weighted by Crippen LogP contribution is 2.48. The molecular formula is C15H18BrNO. The van der Waals surface area contributed by atoms with Crippen LogP contribution in [0.15, 0.2) is 28.7 Å². The minimum atomic E-state index is 0.254. The Labute approximate surface area is 116 Å². The third-order valence-electron chi connectivity index (χ3n) is 4.07. The molecule has 2 fully saturated rings. The van der Waals surface area contributed by atoms with Gasteiger partial charge in [-0.1, -0.05) is 28.1 Å². The zero-order valence-electron chi connectivity index (χ0n) is 10.4. The topological polar surface area (TPSA) is 20.3 Å². The molecule has 1 saturated heterocycles. The second-order valence-electron chi connectivity index (χ2n) is 5.39. The molecule has 0 spiro atoms. The summed E-state index contributed by atoms with van der Waals surface area (Å²) in [5.41, 5.74) is 1.31. The van der Waals surface area contributed by atoms with Crippen molar-refractivity contribution >= 4 is 21.8 Å². The van der Waals surface area contributed by atoms with Crippen molar-refractivity contribution in [1.29, 1.82) is 0 Å². The van der Waals surface area contributed by atoms with Crippen molar-refractivity contribution in [2.75, 3.05) is 13.1 Å². The van der Waals surface area contributed by atoms with Crippen LogP contribution in [-0.4, -0.2) is 23.9 Å². The Hall–Kier alpha value is -0.830. The molecular weight excluding hydrogens is 290 g/mol. The Morgan fingerprint density at radius 1 is 1.11 bits per heavy atom. The quantitative estimate of drug-likeness (QED) is 0.818. The molecule has 3 heteroatoms. The van der Waals surface area contributed by atoms with E-state index in [0.29, 0.717) is 11.8 Å². The van der Waals surface area contributed by atoms with Gasteiger partial charge in [-0.25, -0.2) is 0 Å². The number of halogens is 1. The van der Waals surface area contributed by atoms with Gasteiger partial charge in [0.1, 0.15) is 0 Å². The summed E-state index contributed by atoms with van der Waals surface area (Å²) in [6.07, 6.45) is 4.68. The largest absolute Gasteiger partial charge is 0.342 e. The van der Waals surface area contributed by atoms with E-state index < -0.39 is 0 Å². The predicted octanol–water partition coefficient (Wildman–Crippen LogP) is 3.57. The maximum Gasteiger partial charge on any atom is 0.226 e. The summed E-state index contributed by atoms with van der Waals surface area (Å²) in [7, 11) is 0. The van der Waals surface area contributed by atoms with Crippen LogP contribution in [0.25, 0.3) is 0 Å². The van der Waals surface area contributed by atoms with Crippen molar-refractivity contribution < 1.29 is 4.79 Å². The number of hydrogen-bond acceptors (Lipinski definition) is 1. The van der Waals surface area contributed by atoms with Crippen LogP contribution < -0.4 is 0 Å². The Morgan fingerprint density at radius 3 is 2.44 bits per heavy atom. The Balaban J connectivity index is 1.63. The highest BCUT2D eigenvalue weighted by atomic mass is 79.9. The molecule has 0 aromatic heterocycles. The molecule has 1 heterocycles. The SMILES string of the molecule is O=C([C@@H]1C[C@@H]1c1ccc(Br)cc1)N1CCCCC1. The molecule has 1 amide bonds. The van der Waals surface area contributed by atoms with Gasteiger partial charge in [-0.3, -0.25) is 4.79 Å².